The molecular formula is C15H16N4O2S. The molecule has 3 aromatic rings. The van der Waals surface area contributed by atoms with E-state index in [1.807, 2.05) is 30.3 Å². The Balaban J connectivity index is 1.83. The lowest BCUT2D eigenvalue weighted by molar-refractivity contribution is 0.224. The predicted molar refractivity (Wildman–Crippen MR) is 85.7 cm³/mol. The molecule has 0 saturated heterocycles. The van der Waals surface area contributed by atoms with E-state index < -0.39 is 17.4 Å². The lowest BCUT2D eigenvalue weighted by Crippen LogP contribution is -2.16. The molecule has 2 atom stereocenters. The molecule has 0 aliphatic heterocycles. The van der Waals surface area contributed by atoms with E-state index in [9.17, 15) is 9.66 Å². The molecule has 2 heterocycles. The normalized spacial score (nSPS) is 14.0. The van der Waals surface area contributed by atoms with E-state index in [4.69, 9.17) is 0 Å². The first-order valence-corrected chi connectivity index (χ1v) is 8.17. The van der Waals surface area contributed by atoms with Crippen LogP contribution in [0.1, 0.15) is 12.5 Å². The number of hydrogen-bond acceptors (Lipinski definition) is 5. The highest BCUT2D eigenvalue weighted by Gasteiger charge is 2.19. The van der Waals surface area contributed by atoms with Crippen LogP contribution in [0.5, 0.6) is 0 Å². The molecular weight excluding hydrogens is 300 g/mol. The second-order valence-electron chi connectivity index (χ2n) is 4.88. The summed E-state index contributed by atoms with van der Waals surface area (Å²) in [5.41, 5.74) is 2.94. The van der Waals surface area contributed by atoms with Crippen LogP contribution in [0.3, 0.4) is 0 Å². The van der Waals surface area contributed by atoms with Crippen molar-refractivity contribution in [1.82, 2.24) is 15.0 Å². The SMILES string of the molecule is CC(O)Nc1ccccc1C[S+]([O-])c1nc2ncccc2[nH]1. The number of nitrogens with one attached hydrogen (secondary N) is 2. The number of aromatic amines is 1. The number of para-hydroxylation sites is 1. The molecule has 2 unspecified atom stereocenters. The summed E-state index contributed by atoms with van der Waals surface area (Å²) < 4.78 is 12.5. The topological polar surface area (TPSA) is 96.9 Å². The average Bonchev–Trinajstić information content (AvgIpc) is 2.93. The Hall–Kier alpha value is -2.09. The van der Waals surface area contributed by atoms with Crippen molar-refractivity contribution >= 4 is 28.0 Å². The number of pyridine rings is 1. The summed E-state index contributed by atoms with van der Waals surface area (Å²) in [6.07, 6.45) is 0.975. The molecule has 0 aliphatic rings. The molecule has 1 aromatic carbocycles. The zero-order valence-corrected chi connectivity index (χ0v) is 12.8. The fraction of sp³-hybridized carbons (Fsp3) is 0.200. The van der Waals surface area contributed by atoms with Crippen molar-refractivity contribution in [2.24, 2.45) is 0 Å². The molecule has 0 aliphatic carbocycles. The maximum atomic E-state index is 12.5. The standard InChI is InChI=1S/C15H16N4O2S/c1-10(20)17-12-6-3-2-5-11(12)9-22(21)15-18-13-7-4-8-16-14(13)19-15/h2-8,10,17,20H,9H2,1H3,(H,16,18,19). The third-order valence-electron chi connectivity index (χ3n) is 3.12. The van der Waals surface area contributed by atoms with Gasteiger partial charge in [-0.3, -0.25) is 4.98 Å². The Labute approximate surface area is 130 Å². The Morgan fingerprint density at radius 3 is 2.91 bits per heavy atom. The number of hydrogen-bond donors (Lipinski definition) is 3. The van der Waals surface area contributed by atoms with Crippen LogP contribution in [-0.2, 0) is 16.9 Å². The number of aromatic nitrogens is 3. The van der Waals surface area contributed by atoms with Gasteiger partial charge in [0.1, 0.15) is 12.0 Å². The second-order valence-corrected chi connectivity index (χ2v) is 6.25. The van der Waals surface area contributed by atoms with Gasteiger partial charge < -0.3 is 15.0 Å². The van der Waals surface area contributed by atoms with Crippen LogP contribution in [-0.4, -0.2) is 30.8 Å². The molecule has 3 rings (SSSR count). The quantitative estimate of drug-likeness (QED) is 0.494. The Bertz CT molecular complexity index is 742. The summed E-state index contributed by atoms with van der Waals surface area (Å²) >= 11 is -1.32. The van der Waals surface area contributed by atoms with Crippen molar-refractivity contribution in [3.8, 4) is 0 Å². The van der Waals surface area contributed by atoms with Crippen LogP contribution >= 0.6 is 0 Å². The number of nitrogens with zero attached hydrogens (tertiary/aromatic N) is 2. The lowest BCUT2D eigenvalue weighted by Gasteiger charge is -2.14. The van der Waals surface area contributed by atoms with Gasteiger partial charge in [0.05, 0.1) is 5.52 Å². The van der Waals surface area contributed by atoms with Crippen molar-refractivity contribution < 1.29 is 9.66 Å². The molecule has 114 valence electrons. The summed E-state index contributed by atoms with van der Waals surface area (Å²) in [7, 11) is 0. The van der Waals surface area contributed by atoms with E-state index in [0.717, 1.165) is 16.8 Å². The van der Waals surface area contributed by atoms with Gasteiger partial charge in [0, 0.05) is 28.6 Å². The van der Waals surface area contributed by atoms with Crippen LogP contribution < -0.4 is 5.32 Å². The highest BCUT2D eigenvalue weighted by atomic mass is 32.2. The van der Waals surface area contributed by atoms with Crippen LogP contribution in [0.25, 0.3) is 11.2 Å². The molecule has 0 fully saturated rings. The van der Waals surface area contributed by atoms with Gasteiger partial charge in [0.25, 0.3) is 0 Å². The first-order chi connectivity index (χ1) is 10.6. The molecule has 3 N–H and O–H groups in total. The van der Waals surface area contributed by atoms with Gasteiger partial charge in [-0.1, -0.05) is 18.2 Å². The van der Waals surface area contributed by atoms with Crippen molar-refractivity contribution in [3.63, 3.8) is 0 Å². The summed E-state index contributed by atoms with van der Waals surface area (Å²) in [5.74, 6) is 0.301. The third-order valence-corrected chi connectivity index (χ3v) is 4.32. The fourth-order valence-electron chi connectivity index (χ4n) is 2.15. The molecule has 0 saturated carbocycles. The first-order valence-electron chi connectivity index (χ1n) is 6.85. The fourth-order valence-corrected chi connectivity index (χ4v) is 3.24. The highest BCUT2D eigenvalue weighted by molar-refractivity contribution is 7.90. The maximum Gasteiger partial charge on any atom is 0.323 e. The number of H-pyrrole nitrogens is 1. The van der Waals surface area contributed by atoms with Crippen molar-refractivity contribution in [2.45, 2.75) is 24.1 Å². The number of imidazole rings is 1. The zero-order valence-electron chi connectivity index (χ0n) is 12.0. The molecule has 0 radical (unpaired) electrons. The third kappa shape index (κ3) is 3.22. The highest BCUT2D eigenvalue weighted by Crippen LogP contribution is 2.22. The van der Waals surface area contributed by atoms with Gasteiger partial charge in [-0.25, -0.2) is 4.98 Å². The number of anilines is 1. The average molecular weight is 316 g/mol. The minimum Gasteiger partial charge on any atom is -0.609 e. The minimum atomic E-state index is -1.32. The lowest BCUT2D eigenvalue weighted by atomic mass is 10.2. The number of rotatable bonds is 5. The van der Waals surface area contributed by atoms with Gasteiger partial charge in [0.2, 0.25) is 0 Å². The minimum absolute atomic E-state index is 0.301. The monoisotopic (exact) mass is 316 g/mol. The molecule has 0 spiro atoms. The Kier molecular flexibility index (Phi) is 4.28. The van der Waals surface area contributed by atoms with Crippen LogP contribution in [0.4, 0.5) is 5.69 Å². The van der Waals surface area contributed by atoms with Crippen molar-refractivity contribution in [2.75, 3.05) is 5.32 Å². The van der Waals surface area contributed by atoms with E-state index >= 15 is 0 Å². The van der Waals surface area contributed by atoms with E-state index in [2.05, 4.69) is 20.3 Å². The van der Waals surface area contributed by atoms with Gasteiger partial charge in [0.15, 0.2) is 5.65 Å². The van der Waals surface area contributed by atoms with Crippen molar-refractivity contribution in [3.05, 3.63) is 48.2 Å². The molecule has 6 nitrogen and oxygen atoms in total. The largest absolute Gasteiger partial charge is 0.609 e. The number of benzene rings is 1. The van der Waals surface area contributed by atoms with Gasteiger partial charge in [-0.05, 0) is 25.1 Å². The zero-order chi connectivity index (χ0) is 15.5. The van der Waals surface area contributed by atoms with E-state index in [0.29, 0.717) is 16.6 Å². The van der Waals surface area contributed by atoms with Gasteiger partial charge in [-0.15, -0.1) is 0 Å². The van der Waals surface area contributed by atoms with Gasteiger partial charge in [-0.2, -0.15) is 4.98 Å². The van der Waals surface area contributed by atoms with Gasteiger partial charge >= 0.3 is 5.16 Å². The molecule has 22 heavy (non-hydrogen) atoms. The Morgan fingerprint density at radius 2 is 2.14 bits per heavy atom. The predicted octanol–water partition coefficient (Wildman–Crippen LogP) is 2.02. The molecule has 7 heteroatoms. The first kappa shape index (κ1) is 14.8. The maximum absolute atomic E-state index is 12.5. The number of aliphatic hydroxyl groups excluding tert-OH is 1. The summed E-state index contributed by atoms with van der Waals surface area (Å²) in [6, 6.07) is 11.1. The van der Waals surface area contributed by atoms with Crippen LogP contribution in [0, 0.1) is 0 Å². The Morgan fingerprint density at radius 1 is 1.32 bits per heavy atom. The molecule has 0 bridgehead atoms. The van der Waals surface area contributed by atoms with E-state index in [1.54, 1.807) is 19.2 Å². The molecule has 2 aromatic heterocycles. The number of aliphatic hydroxyl groups is 1. The smallest absolute Gasteiger partial charge is 0.323 e. The van der Waals surface area contributed by atoms with E-state index in [1.165, 1.54) is 0 Å². The summed E-state index contributed by atoms with van der Waals surface area (Å²) in [4.78, 5) is 11.4. The number of fused-ring (bicyclic) bond motifs is 1. The second kappa shape index (κ2) is 6.35. The van der Waals surface area contributed by atoms with Crippen molar-refractivity contribution in [1.29, 1.82) is 0 Å². The molecule has 0 amide bonds. The van der Waals surface area contributed by atoms with Crippen LogP contribution in [0.2, 0.25) is 0 Å². The summed E-state index contributed by atoms with van der Waals surface area (Å²) in [6.45, 7) is 1.64. The van der Waals surface area contributed by atoms with E-state index in [-0.39, 0.29) is 0 Å². The summed E-state index contributed by atoms with van der Waals surface area (Å²) in [5, 5.41) is 12.8. The van der Waals surface area contributed by atoms with Crippen LogP contribution in [0.15, 0.2) is 47.8 Å².